The highest BCUT2D eigenvalue weighted by molar-refractivity contribution is 5.90. The van der Waals surface area contributed by atoms with Gasteiger partial charge < -0.3 is 14.5 Å². The van der Waals surface area contributed by atoms with Crippen LogP contribution < -0.4 is 0 Å². The molecule has 0 radical (unpaired) electrons. The zero-order valence-corrected chi connectivity index (χ0v) is 14.7. The molecule has 2 amide bonds. The van der Waals surface area contributed by atoms with Crippen LogP contribution >= 0.6 is 0 Å². The fraction of sp³-hybridized carbons (Fsp3) is 0.389. The molecule has 134 valence electrons. The Kier molecular flexibility index (Phi) is 5.46. The Bertz CT molecular complexity index is 775. The summed E-state index contributed by atoms with van der Waals surface area (Å²) in [6.07, 6.45) is 1.27. The lowest BCUT2D eigenvalue weighted by molar-refractivity contribution is -0.149. The number of fused-ring (bicyclic) bond motifs is 1. The van der Waals surface area contributed by atoms with Crippen molar-refractivity contribution in [3.63, 3.8) is 0 Å². The number of imide groups is 1. The van der Waals surface area contributed by atoms with Gasteiger partial charge in [-0.1, -0.05) is 18.2 Å². The Balaban J connectivity index is 2.33. The van der Waals surface area contributed by atoms with Crippen LogP contribution in [0.25, 0.3) is 10.9 Å². The van der Waals surface area contributed by atoms with Crippen LogP contribution in [0.1, 0.15) is 26.3 Å². The number of carbonyl (C=O) groups excluding carboxylic acids is 3. The van der Waals surface area contributed by atoms with Gasteiger partial charge in [0.05, 0.1) is 7.11 Å². The summed E-state index contributed by atoms with van der Waals surface area (Å²) in [5.41, 5.74) is 0.900. The van der Waals surface area contributed by atoms with Crippen molar-refractivity contribution in [2.75, 3.05) is 7.11 Å². The molecule has 0 aliphatic heterocycles. The van der Waals surface area contributed by atoms with Gasteiger partial charge in [-0.3, -0.25) is 4.79 Å². The fourth-order valence-corrected chi connectivity index (χ4v) is 2.50. The number of para-hydroxylation sites is 1. The lowest BCUT2D eigenvalue weighted by Crippen LogP contribution is -2.48. The van der Waals surface area contributed by atoms with E-state index in [1.165, 1.54) is 7.11 Å². The third-order valence-corrected chi connectivity index (χ3v) is 3.62. The van der Waals surface area contributed by atoms with Crippen molar-refractivity contribution < 1.29 is 23.9 Å². The zero-order chi connectivity index (χ0) is 18.6. The molecule has 0 aliphatic rings. The lowest BCUT2D eigenvalue weighted by atomic mass is 10.0. The summed E-state index contributed by atoms with van der Waals surface area (Å²) in [4.78, 5) is 39.8. The van der Waals surface area contributed by atoms with Gasteiger partial charge in [0.25, 0.3) is 0 Å². The maximum Gasteiger partial charge on any atom is 0.417 e. The first-order valence-corrected chi connectivity index (χ1v) is 7.86. The van der Waals surface area contributed by atoms with E-state index in [-0.39, 0.29) is 6.42 Å². The second-order valence-corrected chi connectivity index (χ2v) is 6.60. The van der Waals surface area contributed by atoms with Crippen LogP contribution in [0.3, 0.4) is 0 Å². The van der Waals surface area contributed by atoms with Gasteiger partial charge in [-0.2, -0.15) is 0 Å². The maximum absolute atomic E-state index is 12.3. The molecule has 0 bridgehead atoms. The lowest BCUT2D eigenvalue weighted by Gasteiger charge is -2.28. The van der Waals surface area contributed by atoms with Crippen LogP contribution in [-0.4, -0.2) is 47.1 Å². The molecular weight excluding hydrogens is 324 g/mol. The van der Waals surface area contributed by atoms with Crippen molar-refractivity contribution in [1.82, 2.24) is 9.88 Å². The third kappa shape index (κ3) is 4.37. The van der Waals surface area contributed by atoms with Crippen molar-refractivity contribution in [3.05, 3.63) is 36.0 Å². The van der Waals surface area contributed by atoms with Crippen LogP contribution in [0.5, 0.6) is 0 Å². The monoisotopic (exact) mass is 346 g/mol. The number of methoxy groups -OCH3 is 1. The van der Waals surface area contributed by atoms with Gasteiger partial charge >= 0.3 is 12.1 Å². The number of hydrogen-bond acceptors (Lipinski definition) is 5. The highest BCUT2D eigenvalue weighted by atomic mass is 16.6. The van der Waals surface area contributed by atoms with Gasteiger partial charge in [0.1, 0.15) is 11.6 Å². The number of amides is 2. The van der Waals surface area contributed by atoms with Crippen LogP contribution in [0.2, 0.25) is 0 Å². The summed E-state index contributed by atoms with van der Waals surface area (Å²) < 4.78 is 9.99. The highest BCUT2D eigenvalue weighted by Crippen LogP contribution is 2.21. The van der Waals surface area contributed by atoms with E-state index >= 15 is 0 Å². The van der Waals surface area contributed by atoms with E-state index in [9.17, 15) is 14.4 Å². The van der Waals surface area contributed by atoms with Gasteiger partial charge in [-0.15, -0.1) is 0 Å². The van der Waals surface area contributed by atoms with Crippen LogP contribution in [-0.2, 0) is 25.5 Å². The first kappa shape index (κ1) is 18.5. The SMILES string of the molecule is COC(=O)[C@H](Cc1c[nH]c2ccccc12)N(C=O)C(=O)OC(C)(C)C. The average molecular weight is 346 g/mol. The number of nitrogens with zero attached hydrogens (tertiary/aromatic N) is 1. The first-order valence-electron chi connectivity index (χ1n) is 7.86. The van der Waals surface area contributed by atoms with Gasteiger partial charge in [-0.05, 0) is 32.4 Å². The summed E-state index contributed by atoms with van der Waals surface area (Å²) in [5, 5.41) is 0.909. The summed E-state index contributed by atoms with van der Waals surface area (Å²) in [5.74, 6) is -0.691. The largest absolute Gasteiger partial charge is 0.467 e. The summed E-state index contributed by atoms with van der Waals surface area (Å²) in [6, 6.07) is 6.44. The fourth-order valence-electron chi connectivity index (χ4n) is 2.50. The van der Waals surface area contributed by atoms with Gasteiger partial charge in [0.15, 0.2) is 0 Å². The highest BCUT2D eigenvalue weighted by Gasteiger charge is 2.34. The number of nitrogens with one attached hydrogen (secondary N) is 1. The molecule has 0 unspecified atom stereocenters. The Morgan fingerprint density at radius 3 is 2.56 bits per heavy atom. The molecule has 1 heterocycles. The Labute approximate surface area is 145 Å². The van der Waals surface area contributed by atoms with Crippen molar-refractivity contribution in [2.45, 2.75) is 38.8 Å². The molecule has 1 aromatic carbocycles. The quantitative estimate of drug-likeness (QED) is 0.664. The maximum atomic E-state index is 12.3. The molecule has 25 heavy (non-hydrogen) atoms. The molecule has 7 heteroatoms. The standard InChI is InChI=1S/C18H22N2O5/c1-18(2,3)25-17(23)20(11-21)15(16(22)24-4)9-12-10-19-14-8-6-5-7-13(12)14/h5-8,10-11,15,19H,9H2,1-4H3/t15-/m0/s1. The second-order valence-electron chi connectivity index (χ2n) is 6.60. The number of ether oxygens (including phenoxy) is 2. The van der Waals surface area contributed by atoms with E-state index in [1.807, 2.05) is 24.3 Å². The predicted molar refractivity (Wildman–Crippen MR) is 91.9 cm³/mol. The number of carbonyl (C=O) groups is 3. The first-order chi connectivity index (χ1) is 11.8. The minimum atomic E-state index is -1.11. The Morgan fingerprint density at radius 1 is 1.28 bits per heavy atom. The van der Waals surface area contributed by atoms with E-state index in [4.69, 9.17) is 9.47 Å². The zero-order valence-electron chi connectivity index (χ0n) is 14.7. The molecule has 2 rings (SSSR count). The molecule has 0 fully saturated rings. The van der Waals surface area contributed by atoms with E-state index in [1.54, 1.807) is 27.0 Å². The molecule has 0 spiro atoms. The van der Waals surface area contributed by atoms with E-state index < -0.39 is 23.7 Å². The predicted octanol–water partition coefficient (Wildman–Crippen LogP) is 2.65. The molecular formula is C18H22N2O5. The van der Waals surface area contributed by atoms with Crippen molar-refractivity contribution >= 4 is 29.4 Å². The molecule has 1 N–H and O–H groups in total. The number of aromatic amines is 1. The minimum Gasteiger partial charge on any atom is -0.467 e. The number of hydrogen-bond donors (Lipinski definition) is 1. The number of aromatic nitrogens is 1. The second kappa shape index (κ2) is 7.38. The normalized spacial score (nSPS) is 12.5. The third-order valence-electron chi connectivity index (χ3n) is 3.62. The molecule has 2 aromatic rings. The van der Waals surface area contributed by atoms with Gasteiger partial charge in [0.2, 0.25) is 6.41 Å². The Morgan fingerprint density at radius 2 is 1.96 bits per heavy atom. The average Bonchev–Trinajstić information content (AvgIpc) is 2.95. The summed E-state index contributed by atoms with van der Waals surface area (Å²) in [7, 11) is 1.21. The summed E-state index contributed by atoms with van der Waals surface area (Å²) >= 11 is 0. The topological polar surface area (TPSA) is 88.7 Å². The number of H-pyrrole nitrogens is 1. The number of benzene rings is 1. The van der Waals surface area contributed by atoms with Gasteiger partial charge in [-0.25, -0.2) is 14.5 Å². The van der Waals surface area contributed by atoms with Gasteiger partial charge in [0, 0.05) is 23.5 Å². The van der Waals surface area contributed by atoms with Crippen molar-refractivity contribution in [3.8, 4) is 0 Å². The number of rotatable bonds is 5. The van der Waals surface area contributed by atoms with E-state index in [0.29, 0.717) is 6.41 Å². The van der Waals surface area contributed by atoms with E-state index in [0.717, 1.165) is 21.4 Å². The molecule has 0 saturated carbocycles. The van der Waals surface area contributed by atoms with Crippen LogP contribution in [0, 0.1) is 0 Å². The molecule has 0 saturated heterocycles. The molecule has 0 aliphatic carbocycles. The van der Waals surface area contributed by atoms with Crippen LogP contribution in [0.15, 0.2) is 30.5 Å². The summed E-state index contributed by atoms with van der Waals surface area (Å²) in [6.45, 7) is 5.04. The van der Waals surface area contributed by atoms with Crippen LogP contribution in [0.4, 0.5) is 4.79 Å². The molecule has 1 aromatic heterocycles. The minimum absolute atomic E-state index is 0.120. The smallest absolute Gasteiger partial charge is 0.417 e. The Hall–Kier alpha value is -2.83. The van der Waals surface area contributed by atoms with Crippen molar-refractivity contribution in [2.24, 2.45) is 0 Å². The molecule has 7 nitrogen and oxygen atoms in total. The molecule has 1 atom stereocenters. The van der Waals surface area contributed by atoms with E-state index in [2.05, 4.69) is 4.98 Å². The van der Waals surface area contributed by atoms with Crippen molar-refractivity contribution in [1.29, 1.82) is 0 Å². The number of esters is 1.